The molecular formula is C20H22N4O2S2. The van der Waals surface area contributed by atoms with Crippen molar-refractivity contribution in [1.82, 2.24) is 9.97 Å². The summed E-state index contributed by atoms with van der Waals surface area (Å²) >= 11 is 3.03. The molecule has 0 radical (unpaired) electrons. The highest BCUT2D eigenvalue weighted by Crippen LogP contribution is 2.30. The number of nitrogens with zero attached hydrogens (tertiary/aromatic N) is 3. The average molecular weight is 415 g/mol. The molecule has 28 heavy (non-hydrogen) atoms. The summed E-state index contributed by atoms with van der Waals surface area (Å²) in [6, 6.07) is 5.85. The summed E-state index contributed by atoms with van der Waals surface area (Å²) < 4.78 is 5.77. The number of thiazole rings is 1. The van der Waals surface area contributed by atoms with Crippen LogP contribution in [0.25, 0.3) is 10.6 Å². The largest absolute Gasteiger partial charge is 0.372 e. The summed E-state index contributed by atoms with van der Waals surface area (Å²) in [4.78, 5) is 24.6. The average Bonchev–Trinajstić information content (AvgIpc) is 3.31. The Morgan fingerprint density at radius 1 is 1.25 bits per heavy atom. The van der Waals surface area contributed by atoms with Crippen LogP contribution in [0.2, 0.25) is 0 Å². The van der Waals surface area contributed by atoms with Gasteiger partial charge in [-0.15, -0.1) is 11.3 Å². The number of carbonyl (C=O) groups is 1. The number of aromatic nitrogens is 2. The lowest BCUT2D eigenvalue weighted by Gasteiger charge is -2.36. The summed E-state index contributed by atoms with van der Waals surface area (Å²) in [6.45, 7) is 7.63. The lowest BCUT2D eigenvalue weighted by atomic mass is 10.2. The molecule has 1 aliphatic rings. The highest BCUT2D eigenvalue weighted by atomic mass is 32.1. The van der Waals surface area contributed by atoms with E-state index in [1.54, 1.807) is 17.5 Å². The molecular weight excluding hydrogens is 392 g/mol. The summed E-state index contributed by atoms with van der Waals surface area (Å²) in [5.74, 6) is 0.744. The highest BCUT2D eigenvalue weighted by Gasteiger charge is 2.23. The number of carbonyl (C=O) groups excluding carboxylic acids is 1. The number of anilines is 2. The molecule has 0 bridgehead atoms. The van der Waals surface area contributed by atoms with E-state index in [0.29, 0.717) is 10.6 Å². The first-order chi connectivity index (χ1) is 13.5. The van der Waals surface area contributed by atoms with Gasteiger partial charge in [-0.2, -0.15) is 11.3 Å². The summed E-state index contributed by atoms with van der Waals surface area (Å²) in [5.41, 5.74) is 2.47. The van der Waals surface area contributed by atoms with Crippen LogP contribution in [-0.4, -0.2) is 41.2 Å². The number of ether oxygens (including phenoxy) is 1. The van der Waals surface area contributed by atoms with E-state index in [1.807, 2.05) is 35.9 Å². The van der Waals surface area contributed by atoms with E-state index in [4.69, 9.17) is 4.74 Å². The molecule has 4 rings (SSSR count). The van der Waals surface area contributed by atoms with E-state index in [0.717, 1.165) is 35.2 Å². The number of nitrogens with one attached hydrogen (secondary N) is 1. The molecule has 4 heterocycles. The molecule has 3 aromatic heterocycles. The molecule has 1 fully saturated rings. The first-order valence-electron chi connectivity index (χ1n) is 9.17. The number of hydrogen-bond donors (Lipinski definition) is 1. The molecule has 146 valence electrons. The zero-order chi connectivity index (χ0) is 19.7. The third-order valence-electron chi connectivity index (χ3n) is 4.52. The molecule has 2 atom stereocenters. The fraction of sp³-hybridized carbons (Fsp3) is 0.350. The quantitative estimate of drug-likeness (QED) is 0.684. The van der Waals surface area contributed by atoms with Crippen LogP contribution in [-0.2, 0) is 4.74 Å². The van der Waals surface area contributed by atoms with E-state index >= 15 is 0 Å². The third kappa shape index (κ3) is 4.09. The summed E-state index contributed by atoms with van der Waals surface area (Å²) in [6.07, 6.45) is 2.06. The van der Waals surface area contributed by atoms with Gasteiger partial charge in [0.15, 0.2) is 0 Å². The van der Waals surface area contributed by atoms with Crippen molar-refractivity contribution in [2.75, 3.05) is 23.3 Å². The van der Waals surface area contributed by atoms with Crippen LogP contribution in [0.3, 0.4) is 0 Å². The molecule has 0 aromatic carbocycles. The van der Waals surface area contributed by atoms with Crippen LogP contribution in [0.15, 0.2) is 35.2 Å². The maximum absolute atomic E-state index is 12.7. The first kappa shape index (κ1) is 19.0. The van der Waals surface area contributed by atoms with Gasteiger partial charge >= 0.3 is 0 Å². The van der Waals surface area contributed by atoms with Gasteiger partial charge in [-0.25, -0.2) is 9.97 Å². The van der Waals surface area contributed by atoms with Crippen LogP contribution >= 0.6 is 22.7 Å². The minimum atomic E-state index is -0.153. The maximum atomic E-state index is 12.7. The Hall–Kier alpha value is -2.29. The Morgan fingerprint density at radius 2 is 2.04 bits per heavy atom. The second-order valence-electron chi connectivity index (χ2n) is 6.97. The van der Waals surface area contributed by atoms with Crippen LogP contribution in [0.5, 0.6) is 0 Å². The topological polar surface area (TPSA) is 67.4 Å². The predicted molar refractivity (Wildman–Crippen MR) is 115 cm³/mol. The van der Waals surface area contributed by atoms with Gasteiger partial charge in [-0.3, -0.25) is 4.79 Å². The zero-order valence-corrected chi connectivity index (χ0v) is 17.6. The summed E-state index contributed by atoms with van der Waals surface area (Å²) in [7, 11) is 0. The van der Waals surface area contributed by atoms with Crippen molar-refractivity contribution in [1.29, 1.82) is 0 Å². The molecule has 0 spiro atoms. The molecule has 1 aliphatic heterocycles. The summed E-state index contributed by atoms with van der Waals surface area (Å²) in [5, 5.41) is 7.85. The van der Waals surface area contributed by atoms with Gasteiger partial charge in [-0.1, -0.05) is 0 Å². The SMILES string of the molecule is Cc1nc(-c2ccsc2)sc1C(=O)Nc1ccc(N2C[C@H](C)O[C@@H](C)C2)nc1. The Labute approximate surface area is 172 Å². The normalized spacial score (nSPS) is 19.6. The van der Waals surface area contributed by atoms with Gasteiger partial charge in [0.25, 0.3) is 5.91 Å². The van der Waals surface area contributed by atoms with Crippen molar-refractivity contribution < 1.29 is 9.53 Å². The molecule has 8 heteroatoms. The van der Waals surface area contributed by atoms with Crippen molar-refractivity contribution >= 4 is 40.1 Å². The Bertz CT molecular complexity index is 943. The smallest absolute Gasteiger partial charge is 0.267 e. The van der Waals surface area contributed by atoms with Gasteiger partial charge in [-0.05, 0) is 44.4 Å². The van der Waals surface area contributed by atoms with Crippen molar-refractivity contribution in [2.24, 2.45) is 0 Å². The lowest BCUT2D eigenvalue weighted by Crippen LogP contribution is -2.45. The molecule has 3 aromatic rings. The predicted octanol–water partition coefficient (Wildman–Crippen LogP) is 4.44. The lowest BCUT2D eigenvalue weighted by molar-refractivity contribution is -0.00545. The number of amides is 1. The first-order valence-corrected chi connectivity index (χ1v) is 10.9. The third-order valence-corrected chi connectivity index (χ3v) is 6.41. The van der Waals surface area contributed by atoms with Crippen molar-refractivity contribution in [2.45, 2.75) is 33.0 Å². The van der Waals surface area contributed by atoms with Gasteiger partial charge in [0.05, 0.1) is 29.8 Å². The standard InChI is InChI=1S/C20H22N4O2S2/c1-12-9-24(10-13(2)26-12)17-5-4-16(8-21-17)23-19(25)18-14(3)22-20(28-18)15-6-7-27-11-15/h4-8,11-13H,9-10H2,1-3H3,(H,23,25)/t12-,13-/m0/s1. The number of morpholine rings is 1. The number of rotatable bonds is 4. The van der Waals surface area contributed by atoms with E-state index in [2.05, 4.69) is 34.0 Å². The minimum Gasteiger partial charge on any atom is -0.372 e. The number of pyridine rings is 1. The monoisotopic (exact) mass is 414 g/mol. The molecule has 0 saturated carbocycles. The second kappa shape index (κ2) is 7.98. The van der Waals surface area contributed by atoms with Crippen LogP contribution in [0.1, 0.15) is 29.2 Å². The fourth-order valence-corrected chi connectivity index (χ4v) is 4.99. The molecule has 0 unspecified atom stereocenters. The van der Waals surface area contributed by atoms with Crippen LogP contribution in [0.4, 0.5) is 11.5 Å². The Balaban J connectivity index is 1.45. The molecule has 1 N–H and O–H groups in total. The van der Waals surface area contributed by atoms with Gasteiger partial charge in [0.1, 0.15) is 15.7 Å². The van der Waals surface area contributed by atoms with Gasteiger partial charge < -0.3 is 15.0 Å². The fourth-order valence-electron chi connectivity index (χ4n) is 3.32. The second-order valence-corrected chi connectivity index (χ2v) is 8.75. The van der Waals surface area contributed by atoms with E-state index < -0.39 is 0 Å². The van der Waals surface area contributed by atoms with Crippen molar-refractivity contribution in [3.05, 3.63) is 45.7 Å². The zero-order valence-electron chi connectivity index (χ0n) is 16.0. The van der Waals surface area contributed by atoms with Crippen molar-refractivity contribution in [3.8, 4) is 10.6 Å². The van der Waals surface area contributed by atoms with Crippen LogP contribution < -0.4 is 10.2 Å². The molecule has 6 nitrogen and oxygen atoms in total. The van der Waals surface area contributed by atoms with Crippen molar-refractivity contribution in [3.63, 3.8) is 0 Å². The highest BCUT2D eigenvalue weighted by molar-refractivity contribution is 7.17. The Morgan fingerprint density at radius 3 is 2.68 bits per heavy atom. The van der Waals surface area contributed by atoms with Crippen LogP contribution in [0, 0.1) is 6.92 Å². The number of aryl methyl sites for hydroxylation is 1. The number of hydrogen-bond acceptors (Lipinski definition) is 7. The van der Waals surface area contributed by atoms with E-state index in [9.17, 15) is 4.79 Å². The Kier molecular flexibility index (Phi) is 5.43. The number of thiophene rings is 1. The molecule has 1 amide bonds. The molecule has 0 aliphatic carbocycles. The maximum Gasteiger partial charge on any atom is 0.267 e. The van der Waals surface area contributed by atoms with Gasteiger partial charge in [0.2, 0.25) is 0 Å². The molecule has 1 saturated heterocycles. The minimum absolute atomic E-state index is 0.153. The van der Waals surface area contributed by atoms with E-state index in [-0.39, 0.29) is 18.1 Å². The van der Waals surface area contributed by atoms with E-state index in [1.165, 1.54) is 11.3 Å². The van der Waals surface area contributed by atoms with Gasteiger partial charge in [0, 0.05) is 24.0 Å².